The Morgan fingerprint density at radius 2 is 1.69 bits per heavy atom. The number of allylic oxidation sites excluding steroid dienone is 1. The summed E-state index contributed by atoms with van der Waals surface area (Å²) < 4.78 is 22.2. The summed E-state index contributed by atoms with van der Waals surface area (Å²) in [5, 5.41) is 24.0. The number of rotatable bonds is 8. The van der Waals surface area contributed by atoms with E-state index in [1.165, 1.54) is 17.0 Å². The van der Waals surface area contributed by atoms with Gasteiger partial charge in [-0.2, -0.15) is 5.26 Å². The summed E-state index contributed by atoms with van der Waals surface area (Å²) in [7, 11) is 0. The largest absolute Gasteiger partial charge is 0.506 e. The lowest BCUT2D eigenvalue weighted by molar-refractivity contribution is -0.0987. The first-order chi connectivity index (χ1) is 23.1. The van der Waals surface area contributed by atoms with Gasteiger partial charge in [0.1, 0.15) is 43.2 Å². The first kappa shape index (κ1) is 36.7. The van der Waals surface area contributed by atoms with Crippen LogP contribution in [0.2, 0.25) is 0 Å². The summed E-state index contributed by atoms with van der Waals surface area (Å²) in [6.45, 7) is 12.6. The molecule has 4 aromatic carbocycles. The third kappa shape index (κ3) is 8.34. The van der Waals surface area contributed by atoms with E-state index in [2.05, 4.69) is 32.2 Å². The van der Waals surface area contributed by atoms with Crippen molar-refractivity contribution in [2.45, 2.75) is 53.2 Å². The Morgan fingerprint density at radius 3 is 2.33 bits per heavy atom. The molecule has 5 rings (SSSR count). The Hall–Kier alpha value is -5.75. The van der Waals surface area contributed by atoms with Gasteiger partial charge in [0, 0.05) is 22.9 Å². The van der Waals surface area contributed by atoms with Gasteiger partial charge in [-0.1, -0.05) is 69.7 Å². The molecule has 0 bridgehead atoms. The van der Waals surface area contributed by atoms with Gasteiger partial charge in [-0.15, -0.1) is 0 Å². The standard InChI is InChI=1S/C37H36FN3O3.2CH2O/c1-5-37(3,4)21-31-24(2)35(29-18-17-28(20-30(29)38)44-23-25-11-7-6-8-12-25)41(32-15-10-16-33(42)34(32)40-31)36(43)27-14-9-13-26(19-27)22-39;2*1-2/h6-20,35,40,42H,5,21,23H2,1-4H3;2*1H2. The first-order valence-electron chi connectivity index (χ1n) is 15.3. The molecule has 0 fully saturated rings. The van der Waals surface area contributed by atoms with E-state index in [0.29, 0.717) is 29.1 Å². The number of para-hydroxylation sites is 1. The Morgan fingerprint density at radius 1 is 1.00 bits per heavy atom. The molecule has 0 spiro atoms. The van der Waals surface area contributed by atoms with Crippen LogP contribution in [-0.4, -0.2) is 24.6 Å². The molecule has 1 unspecified atom stereocenters. The van der Waals surface area contributed by atoms with E-state index in [1.807, 2.05) is 50.8 Å². The number of nitriles is 1. The summed E-state index contributed by atoms with van der Waals surface area (Å²) in [6.07, 6.45) is 1.49. The maximum atomic E-state index is 16.3. The predicted molar refractivity (Wildman–Crippen MR) is 185 cm³/mol. The van der Waals surface area contributed by atoms with Crippen LogP contribution in [0.25, 0.3) is 0 Å². The summed E-state index contributed by atoms with van der Waals surface area (Å²) in [5.74, 6) is -0.619. The van der Waals surface area contributed by atoms with Crippen LogP contribution in [0.3, 0.4) is 0 Å². The lowest BCUT2D eigenvalue weighted by atomic mass is 9.83. The molecule has 1 amide bonds. The van der Waals surface area contributed by atoms with Crippen molar-refractivity contribution in [3.8, 4) is 17.6 Å². The van der Waals surface area contributed by atoms with E-state index in [4.69, 9.17) is 14.3 Å². The fraction of sp³-hybridized carbons (Fsp3) is 0.231. The normalized spacial score (nSPS) is 13.7. The van der Waals surface area contributed by atoms with Gasteiger partial charge in [0.15, 0.2) is 0 Å². The number of fused-ring (bicyclic) bond motifs is 1. The highest BCUT2D eigenvalue weighted by Crippen LogP contribution is 2.48. The molecule has 1 aliphatic rings. The molecular formula is C39H40FN3O5. The molecule has 48 heavy (non-hydrogen) atoms. The van der Waals surface area contributed by atoms with Crippen LogP contribution in [0.4, 0.5) is 15.8 Å². The second-order valence-corrected chi connectivity index (χ2v) is 11.9. The number of phenolic OH excluding ortho intramolecular Hbond substituents is 1. The minimum Gasteiger partial charge on any atom is -0.506 e. The summed E-state index contributed by atoms with van der Waals surface area (Å²) in [6, 6.07) is 27.0. The molecule has 0 aliphatic carbocycles. The molecule has 1 aliphatic heterocycles. The Bertz CT molecular complexity index is 1800. The van der Waals surface area contributed by atoms with E-state index in [-0.39, 0.29) is 28.9 Å². The first-order valence-corrected chi connectivity index (χ1v) is 15.3. The maximum Gasteiger partial charge on any atom is 0.259 e. The summed E-state index contributed by atoms with van der Waals surface area (Å²) in [4.78, 5) is 32.0. The zero-order valence-corrected chi connectivity index (χ0v) is 27.6. The van der Waals surface area contributed by atoms with E-state index in [0.717, 1.165) is 23.3 Å². The number of halogens is 1. The van der Waals surface area contributed by atoms with Crippen molar-refractivity contribution >= 4 is 30.9 Å². The lowest BCUT2D eigenvalue weighted by Crippen LogP contribution is -2.36. The summed E-state index contributed by atoms with van der Waals surface area (Å²) >= 11 is 0. The number of anilines is 2. The molecule has 0 saturated heterocycles. The zero-order chi connectivity index (χ0) is 35.4. The van der Waals surface area contributed by atoms with Crippen molar-refractivity contribution < 1.29 is 28.6 Å². The number of hydrogen-bond acceptors (Lipinski definition) is 7. The van der Waals surface area contributed by atoms with E-state index in [9.17, 15) is 15.2 Å². The van der Waals surface area contributed by atoms with Crippen molar-refractivity contribution in [3.63, 3.8) is 0 Å². The number of phenols is 1. The van der Waals surface area contributed by atoms with Gasteiger partial charge in [0.2, 0.25) is 0 Å². The average Bonchev–Trinajstić information content (AvgIpc) is 3.23. The highest BCUT2D eigenvalue weighted by atomic mass is 19.1. The topological polar surface area (TPSA) is 120 Å². The average molecular weight is 650 g/mol. The monoisotopic (exact) mass is 649 g/mol. The van der Waals surface area contributed by atoms with Crippen molar-refractivity contribution in [1.82, 2.24) is 0 Å². The quantitative estimate of drug-likeness (QED) is 0.184. The second-order valence-electron chi connectivity index (χ2n) is 11.9. The SMILES string of the molecule is C=O.C=O.CCC(C)(C)CC1=C(C)C(c2ccc(OCc3ccccc3)cc2F)N(C(=O)c2cccc(C#N)c2)c2cccc(O)c2N1. The highest BCUT2D eigenvalue weighted by molar-refractivity contribution is 6.09. The molecule has 8 nitrogen and oxygen atoms in total. The fourth-order valence-corrected chi connectivity index (χ4v) is 5.41. The number of ether oxygens (including phenoxy) is 1. The van der Waals surface area contributed by atoms with Crippen LogP contribution in [0.5, 0.6) is 11.5 Å². The van der Waals surface area contributed by atoms with Gasteiger partial charge in [0.05, 0.1) is 23.4 Å². The predicted octanol–water partition coefficient (Wildman–Crippen LogP) is 8.53. The van der Waals surface area contributed by atoms with Crippen molar-refractivity contribution in [3.05, 3.63) is 130 Å². The molecule has 0 aromatic heterocycles. The van der Waals surface area contributed by atoms with Crippen molar-refractivity contribution in [2.75, 3.05) is 10.2 Å². The van der Waals surface area contributed by atoms with E-state index < -0.39 is 17.8 Å². The molecule has 0 saturated carbocycles. The number of carbonyl (C=O) groups excluding carboxylic acids is 3. The number of aromatic hydroxyl groups is 1. The smallest absolute Gasteiger partial charge is 0.259 e. The van der Waals surface area contributed by atoms with Gasteiger partial charge < -0.3 is 24.7 Å². The fourth-order valence-electron chi connectivity index (χ4n) is 5.41. The van der Waals surface area contributed by atoms with Crippen LogP contribution in [0.1, 0.15) is 73.6 Å². The van der Waals surface area contributed by atoms with Gasteiger partial charge >= 0.3 is 0 Å². The third-order valence-electron chi connectivity index (χ3n) is 8.28. The highest BCUT2D eigenvalue weighted by Gasteiger charge is 2.37. The molecule has 248 valence electrons. The number of benzene rings is 4. The molecular weight excluding hydrogens is 609 g/mol. The Labute approximate surface area is 281 Å². The zero-order valence-electron chi connectivity index (χ0n) is 27.6. The third-order valence-corrected chi connectivity index (χ3v) is 8.28. The molecule has 1 atom stereocenters. The van der Waals surface area contributed by atoms with Gasteiger partial charge in [-0.3, -0.25) is 9.69 Å². The van der Waals surface area contributed by atoms with Crippen molar-refractivity contribution in [2.24, 2.45) is 5.41 Å². The van der Waals surface area contributed by atoms with Crippen molar-refractivity contribution in [1.29, 1.82) is 5.26 Å². The Kier molecular flexibility index (Phi) is 12.8. The van der Waals surface area contributed by atoms with Crippen LogP contribution in [0, 0.1) is 22.6 Å². The van der Waals surface area contributed by atoms with Crippen LogP contribution in [0.15, 0.2) is 102 Å². The molecule has 4 aromatic rings. The minimum absolute atomic E-state index is 0.0311. The number of nitrogens with one attached hydrogen (secondary N) is 1. The maximum absolute atomic E-state index is 16.3. The van der Waals surface area contributed by atoms with Crippen LogP contribution >= 0.6 is 0 Å². The summed E-state index contributed by atoms with van der Waals surface area (Å²) in [5.41, 5.74) is 4.03. The molecule has 9 heteroatoms. The lowest BCUT2D eigenvalue weighted by Gasteiger charge is -2.33. The van der Waals surface area contributed by atoms with E-state index >= 15 is 4.39 Å². The molecule has 1 heterocycles. The molecule has 0 radical (unpaired) electrons. The second kappa shape index (κ2) is 16.7. The minimum atomic E-state index is -0.866. The molecule has 2 N–H and O–H groups in total. The number of amides is 1. The number of hydrogen-bond donors (Lipinski definition) is 2. The van der Waals surface area contributed by atoms with Crippen LogP contribution in [-0.2, 0) is 16.2 Å². The van der Waals surface area contributed by atoms with Crippen LogP contribution < -0.4 is 15.0 Å². The van der Waals surface area contributed by atoms with Gasteiger partial charge in [-0.25, -0.2) is 4.39 Å². The number of carbonyl (C=O) groups is 3. The number of nitrogens with zero attached hydrogens (tertiary/aromatic N) is 2. The Balaban J connectivity index is 0.00000151. The van der Waals surface area contributed by atoms with E-state index in [1.54, 1.807) is 48.5 Å². The van der Waals surface area contributed by atoms with Gasteiger partial charge in [0.25, 0.3) is 5.91 Å². The van der Waals surface area contributed by atoms with Gasteiger partial charge in [-0.05, 0) is 72.4 Å².